The second-order valence-corrected chi connectivity index (χ2v) is 31.8. The number of imide groups is 1. The van der Waals surface area contributed by atoms with Gasteiger partial charge in [0.05, 0.1) is 47.5 Å². The number of urea groups is 1. The average molecular weight is 1530 g/mol. The third kappa shape index (κ3) is 21.2. The van der Waals surface area contributed by atoms with E-state index in [0.29, 0.717) is 96.9 Å². The Labute approximate surface area is 641 Å². The Morgan fingerprint density at radius 3 is 2.24 bits per heavy atom. The molecule has 30 heteroatoms. The van der Waals surface area contributed by atoms with Gasteiger partial charge in [-0.1, -0.05) is 101 Å². The molecule has 29 nitrogen and oxygen atoms in total. The molecule has 0 radical (unpaired) electrons. The number of aromatic carboxylic acids is 1. The number of amides is 8. The molecule has 7 atom stereocenters. The first-order chi connectivity index (χ1) is 52.4. The summed E-state index contributed by atoms with van der Waals surface area (Å²) in [6.45, 7) is 12.7. The number of ketones is 2. The van der Waals surface area contributed by atoms with Crippen molar-refractivity contribution in [2.24, 2.45) is 34.3 Å². The van der Waals surface area contributed by atoms with Crippen LogP contribution in [0.4, 0.5) is 20.5 Å². The summed E-state index contributed by atoms with van der Waals surface area (Å²) in [5, 5.41) is 47.0. The van der Waals surface area contributed by atoms with Gasteiger partial charge in [-0.15, -0.1) is 0 Å². The van der Waals surface area contributed by atoms with Crippen LogP contribution in [0, 0.1) is 35.5 Å². The first kappa shape index (κ1) is 81.8. The molecule has 110 heavy (non-hydrogen) atoms. The number of nitrogens with two attached hydrogens (primary N) is 1. The number of thiazole rings is 1. The minimum absolute atomic E-state index is 0.00590. The van der Waals surface area contributed by atoms with Crippen molar-refractivity contribution in [3.63, 3.8) is 0 Å². The van der Waals surface area contributed by atoms with Gasteiger partial charge in [0.1, 0.15) is 24.2 Å². The predicted molar refractivity (Wildman–Crippen MR) is 407 cm³/mol. The van der Waals surface area contributed by atoms with Crippen LogP contribution in [0.1, 0.15) is 173 Å². The van der Waals surface area contributed by atoms with Crippen LogP contribution in [-0.2, 0) is 80.4 Å². The van der Waals surface area contributed by atoms with Gasteiger partial charge in [-0.25, -0.2) is 24.4 Å². The maximum Gasteiger partial charge on any atom is 0.410 e. The Morgan fingerprint density at radius 1 is 0.782 bits per heavy atom. The number of ether oxygens (including phenoxy) is 2. The average Bonchev–Trinajstić information content (AvgIpc) is 0.928. The van der Waals surface area contributed by atoms with Crippen molar-refractivity contribution in [3.05, 3.63) is 136 Å². The molecule has 4 aliphatic rings. The van der Waals surface area contributed by atoms with Crippen molar-refractivity contribution in [2.45, 2.75) is 182 Å². The van der Waals surface area contributed by atoms with Crippen molar-refractivity contribution in [3.8, 4) is 11.1 Å². The van der Waals surface area contributed by atoms with Crippen LogP contribution in [0.15, 0.2) is 97.2 Å². The fourth-order valence-corrected chi connectivity index (χ4v) is 17.5. The summed E-state index contributed by atoms with van der Waals surface area (Å²) in [7, 11) is 0. The highest BCUT2D eigenvalue weighted by molar-refractivity contribution is 7.22. The van der Waals surface area contributed by atoms with Crippen LogP contribution >= 0.6 is 11.3 Å². The number of carbonyl (C=O) groups is 12. The summed E-state index contributed by atoms with van der Waals surface area (Å²) in [6.07, 6.45) is 7.69. The second-order valence-electron chi connectivity index (χ2n) is 30.7. The van der Waals surface area contributed by atoms with Gasteiger partial charge in [-0.05, 0) is 146 Å². The summed E-state index contributed by atoms with van der Waals surface area (Å²) in [6, 6.07) is 19.7. The van der Waals surface area contributed by atoms with E-state index >= 15 is 0 Å². The van der Waals surface area contributed by atoms with E-state index in [9.17, 15) is 72.9 Å². The molecular weight excluding hydrogens is 1430 g/mol. The number of Topliss-reactive ketones (excluding diaryl/α,β-unsaturated/α-hetero) is 2. The normalized spacial score (nSPS) is 19.5. The van der Waals surface area contributed by atoms with Gasteiger partial charge in [0.15, 0.2) is 16.6 Å². The molecule has 5 unspecified atom stereocenters. The Hall–Kier alpha value is -10.8. The molecule has 8 amide bonds. The Balaban J connectivity index is 0.737. The number of nitrogens with zero attached hydrogens (tertiary/aromatic N) is 7. The number of aliphatic carboxylic acids is 2. The molecule has 2 aliphatic carbocycles. The standard InChI is InChI=1S/C80H98N12O17S/c1-48(2)57(37-54(93)15-8-7-11-32-91-66(95)26-27-67(91)96)72(102)85-60(18-13-30-83-75(81)106)63(94)36-51-20-22-52(23-21-51)43-108-77(107)90(34-29-68(97)98)62(38-69(99)100)73(103)82-31-35-109-80-40-49(3)39-78(5,45-80)44-79(6,46-80)47-92-50(4)58(41-84-92)55-24-25-65(87-70(55)74(104)105)89-33-28-53-14-12-16-56(59(53)42-89)71(101)88-76-86-61-17-9-10-19-64(61)110-76/h9-10,12,14,16-17,19-27,41,48-49,57,60,62H,7-8,11,13,15,18,28-40,42-47H2,1-6H3,(H,82,103)(H,85,102)(H,97,98)(H,99,100)(H,104,105)(H3,81,83,106)(H,86,88,101)/t49?,57-,60-,62?,78?,79?,80?/m0/s1. The van der Waals surface area contributed by atoms with Crippen molar-refractivity contribution in [1.82, 2.24) is 45.5 Å². The Bertz CT molecular complexity index is 4450. The lowest BCUT2D eigenvalue weighted by molar-refractivity contribution is -0.177. The molecule has 0 spiro atoms. The lowest BCUT2D eigenvalue weighted by Gasteiger charge is -2.58. The lowest BCUT2D eigenvalue weighted by Crippen LogP contribution is -2.56. The second kappa shape index (κ2) is 36.2. The van der Waals surface area contributed by atoms with Gasteiger partial charge in [0.2, 0.25) is 11.8 Å². The maximum absolute atomic E-state index is 14.2. The van der Waals surface area contributed by atoms with Crippen LogP contribution in [0.3, 0.4) is 0 Å². The van der Waals surface area contributed by atoms with Crippen LogP contribution < -0.4 is 31.9 Å². The zero-order valence-electron chi connectivity index (χ0n) is 63.0. The summed E-state index contributed by atoms with van der Waals surface area (Å²) < 4.78 is 15.4. The number of nitrogens with one attached hydrogen (secondary N) is 4. The van der Waals surface area contributed by atoms with Gasteiger partial charge in [0.25, 0.3) is 17.7 Å². The number of hydrogen-bond acceptors (Lipinski definition) is 19. The smallest absolute Gasteiger partial charge is 0.410 e. The number of fused-ring (bicyclic) bond motifs is 4. The largest absolute Gasteiger partial charge is 0.481 e. The Morgan fingerprint density at radius 2 is 1.53 bits per heavy atom. The quantitative estimate of drug-likeness (QED) is 0.0132. The van der Waals surface area contributed by atoms with Gasteiger partial charge in [-0.3, -0.25) is 62.9 Å². The molecule has 3 aromatic heterocycles. The highest BCUT2D eigenvalue weighted by atomic mass is 32.1. The molecule has 0 saturated heterocycles. The highest BCUT2D eigenvalue weighted by Crippen LogP contribution is 2.60. The molecule has 5 heterocycles. The molecule has 2 saturated carbocycles. The van der Waals surface area contributed by atoms with E-state index in [2.05, 4.69) is 47.0 Å². The zero-order chi connectivity index (χ0) is 79.2. The minimum atomic E-state index is -1.71. The summed E-state index contributed by atoms with van der Waals surface area (Å²) in [5.74, 6) is -7.26. The van der Waals surface area contributed by atoms with E-state index in [1.807, 2.05) is 52.9 Å². The number of para-hydroxylation sites is 1. The summed E-state index contributed by atoms with van der Waals surface area (Å²) in [5.41, 5.74) is 9.69. The predicted octanol–water partition coefficient (Wildman–Crippen LogP) is 9.59. The van der Waals surface area contributed by atoms with E-state index in [1.165, 1.54) is 23.5 Å². The number of rotatable bonds is 38. The minimum Gasteiger partial charge on any atom is -0.481 e. The molecule has 3 aromatic carbocycles. The molecule has 586 valence electrons. The third-order valence-electron chi connectivity index (χ3n) is 21.2. The highest BCUT2D eigenvalue weighted by Gasteiger charge is 2.56. The number of unbranched alkanes of at least 4 members (excludes halogenated alkanes) is 2. The summed E-state index contributed by atoms with van der Waals surface area (Å²) >= 11 is 1.39. The molecule has 2 fully saturated rings. The van der Waals surface area contributed by atoms with Crippen molar-refractivity contribution in [2.75, 3.05) is 49.5 Å². The van der Waals surface area contributed by atoms with Crippen molar-refractivity contribution < 1.29 is 82.3 Å². The SMILES string of the molecule is Cc1c(-c2ccc(N3CCc4cccc(C(=O)Nc5nc6ccccc6s5)c4C3)nc2C(=O)O)cnn1CC1(C)CC2(C)CC(C)CC(OCCNC(=O)C(CC(=O)O)N(CCC(=O)O)C(=O)OCc3ccc(CC(=O)[C@H](CCCNC(N)=O)NC(=O)[C@@H](CC(=O)CCCCCN4C(=O)C=CC4=O)C(C)C)cc3)(C2)C1. The first-order valence-electron chi connectivity index (χ1n) is 37.4. The third-order valence-corrected chi connectivity index (χ3v) is 22.2. The van der Waals surface area contributed by atoms with E-state index in [-0.39, 0.29) is 111 Å². The summed E-state index contributed by atoms with van der Waals surface area (Å²) in [4.78, 5) is 169. The maximum atomic E-state index is 14.2. The van der Waals surface area contributed by atoms with E-state index in [4.69, 9.17) is 25.3 Å². The number of carboxylic acids is 3. The molecular formula is C80H98N12O17S. The molecule has 10 rings (SSSR count). The van der Waals surface area contributed by atoms with E-state index < -0.39 is 96.9 Å². The number of carboxylic acid groups (broad SMARTS) is 3. The van der Waals surface area contributed by atoms with Crippen LogP contribution in [0.25, 0.3) is 21.3 Å². The van der Waals surface area contributed by atoms with Gasteiger partial charge < -0.3 is 51.4 Å². The number of primary amides is 1. The number of pyridine rings is 1. The van der Waals surface area contributed by atoms with Crippen LogP contribution in [-0.4, -0.2) is 173 Å². The lowest BCUT2D eigenvalue weighted by atomic mass is 9.51. The van der Waals surface area contributed by atoms with Gasteiger partial charge in [0, 0.05) is 106 Å². The fraction of sp³-hybridized carbons (Fsp3) is 0.487. The number of anilines is 2. The van der Waals surface area contributed by atoms with Crippen LogP contribution in [0.2, 0.25) is 0 Å². The van der Waals surface area contributed by atoms with E-state index in [0.717, 1.165) is 56.1 Å². The van der Waals surface area contributed by atoms with Gasteiger partial charge >= 0.3 is 30.0 Å². The van der Waals surface area contributed by atoms with Crippen LogP contribution in [0.5, 0.6) is 0 Å². The molecule has 2 aliphatic heterocycles. The monoisotopic (exact) mass is 1530 g/mol. The molecule has 6 aromatic rings. The number of aromatic nitrogens is 4. The topological polar surface area (TPSA) is 411 Å². The molecule has 9 N–H and O–H groups in total. The Kier molecular flexibility index (Phi) is 26.9. The van der Waals surface area contributed by atoms with Crippen molar-refractivity contribution >= 4 is 104 Å². The number of benzene rings is 3. The first-order valence-corrected chi connectivity index (χ1v) is 38.3. The van der Waals surface area contributed by atoms with Gasteiger partial charge in [-0.2, -0.15) is 5.10 Å². The number of hydrogen-bond donors (Lipinski definition) is 8. The fourth-order valence-electron chi connectivity index (χ4n) is 16.7. The van der Waals surface area contributed by atoms with Crippen molar-refractivity contribution in [1.29, 1.82) is 0 Å². The number of carbonyl (C=O) groups excluding carboxylic acids is 9. The zero-order valence-corrected chi connectivity index (χ0v) is 63.8. The molecule has 2 bridgehead atoms. The van der Waals surface area contributed by atoms with E-state index in [1.54, 1.807) is 62.5 Å².